The molecule has 2 heterocycles. The fraction of sp³-hybridized carbons (Fsp3) is 0.278. The van der Waals surface area contributed by atoms with Crippen molar-refractivity contribution in [3.8, 4) is 0 Å². The van der Waals surface area contributed by atoms with Gasteiger partial charge in [0.1, 0.15) is 16.2 Å². The fourth-order valence-electron chi connectivity index (χ4n) is 2.51. The molecule has 0 radical (unpaired) electrons. The van der Waals surface area contributed by atoms with Crippen molar-refractivity contribution < 1.29 is 4.79 Å². The van der Waals surface area contributed by atoms with Gasteiger partial charge in [-0.25, -0.2) is 9.97 Å². The van der Waals surface area contributed by atoms with Gasteiger partial charge in [-0.2, -0.15) is 0 Å². The molecule has 4 nitrogen and oxygen atoms in total. The van der Waals surface area contributed by atoms with E-state index in [-0.39, 0.29) is 11.9 Å². The zero-order valence-electron chi connectivity index (χ0n) is 14.2. The number of benzene rings is 1. The predicted octanol–water partition coefficient (Wildman–Crippen LogP) is 4.93. The van der Waals surface area contributed by atoms with Gasteiger partial charge in [0.2, 0.25) is 5.91 Å². The first kappa shape index (κ1) is 18.2. The lowest BCUT2D eigenvalue weighted by molar-refractivity contribution is -0.119. The van der Waals surface area contributed by atoms with Crippen LogP contribution in [0.4, 0.5) is 0 Å². The van der Waals surface area contributed by atoms with Gasteiger partial charge in [0.05, 0.1) is 11.8 Å². The molecule has 0 bridgehead atoms. The SMILES string of the molecule is Cc1sc2ncnc(SCC(=O)N[C@H](C)c3ccc(Cl)cc3)c2c1C. The Hall–Kier alpha value is -1.63. The van der Waals surface area contributed by atoms with Gasteiger partial charge in [-0.15, -0.1) is 11.3 Å². The Bertz CT molecular complexity index is 909. The van der Waals surface area contributed by atoms with Crippen molar-refractivity contribution in [1.82, 2.24) is 15.3 Å². The van der Waals surface area contributed by atoms with Crippen LogP contribution in [-0.4, -0.2) is 21.6 Å². The number of aryl methyl sites for hydroxylation is 2. The summed E-state index contributed by atoms with van der Waals surface area (Å²) in [4.78, 5) is 23.2. The molecule has 0 saturated carbocycles. The molecule has 1 atom stereocenters. The Kier molecular flexibility index (Phi) is 5.61. The molecule has 130 valence electrons. The monoisotopic (exact) mass is 391 g/mol. The van der Waals surface area contributed by atoms with E-state index in [4.69, 9.17) is 11.6 Å². The minimum atomic E-state index is -0.0686. The number of thiophene rings is 1. The van der Waals surface area contributed by atoms with Gasteiger partial charge in [0, 0.05) is 15.3 Å². The molecule has 1 N–H and O–H groups in total. The smallest absolute Gasteiger partial charge is 0.230 e. The lowest BCUT2D eigenvalue weighted by Gasteiger charge is -2.14. The van der Waals surface area contributed by atoms with Crippen LogP contribution in [0.15, 0.2) is 35.6 Å². The molecule has 0 saturated heterocycles. The van der Waals surface area contributed by atoms with Crippen LogP contribution in [0.25, 0.3) is 10.2 Å². The molecule has 3 rings (SSSR count). The second-order valence-electron chi connectivity index (χ2n) is 5.77. The largest absolute Gasteiger partial charge is 0.349 e. The molecule has 7 heteroatoms. The zero-order valence-corrected chi connectivity index (χ0v) is 16.6. The number of thioether (sulfide) groups is 1. The summed E-state index contributed by atoms with van der Waals surface area (Å²) >= 11 is 9.01. The molecule has 0 spiro atoms. The Morgan fingerprint density at radius 3 is 2.72 bits per heavy atom. The second kappa shape index (κ2) is 7.72. The molecule has 1 aromatic carbocycles. The number of aromatic nitrogens is 2. The van der Waals surface area contributed by atoms with E-state index >= 15 is 0 Å². The Morgan fingerprint density at radius 1 is 1.28 bits per heavy atom. The molecular formula is C18H18ClN3OS2. The summed E-state index contributed by atoms with van der Waals surface area (Å²) in [5, 5.41) is 5.62. The lowest BCUT2D eigenvalue weighted by Crippen LogP contribution is -2.28. The highest BCUT2D eigenvalue weighted by Crippen LogP contribution is 2.34. The molecular weight excluding hydrogens is 374 g/mol. The molecule has 0 aliphatic heterocycles. The van der Waals surface area contributed by atoms with Crippen LogP contribution in [0.2, 0.25) is 5.02 Å². The van der Waals surface area contributed by atoms with Crippen molar-refractivity contribution in [3.63, 3.8) is 0 Å². The van der Waals surface area contributed by atoms with E-state index in [2.05, 4.69) is 29.1 Å². The standard InChI is InChI=1S/C18H18ClN3OS2/c1-10-12(3)25-18-16(10)17(20-9-21-18)24-8-15(23)22-11(2)13-4-6-14(19)7-5-13/h4-7,9,11H,8H2,1-3H3,(H,22,23)/t11-/m1/s1. The van der Waals surface area contributed by atoms with Crippen LogP contribution in [0.3, 0.4) is 0 Å². The maximum Gasteiger partial charge on any atom is 0.230 e. The van der Waals surface area contributed by atoms with Crippen LogP contribution in [-0.2, 0) is 4.79 Å². The van der Waals surface area contributed by atoms with Gasteiger partial charge in [-0.05, 0) is 44.0 Å². The van der Waals surface area contributed by atoms with Crippen molar-refractivity contribution >= 4 is 50.8 Å². The number of nitrogens with one attached hydrogen (secondary N) is 1. The van der Waals surface area contributed by atoms with Crippen LogP contribution >= 0.6 is 34.7 Å². The summed E-state index contributed by atoms with van der Waals surface area (Å²) in [6, 6.07) is 7.43. The number of hydrogen-bond donors (Lipinski definition) is 1. The summed E-state index contributed by atoms with van der Waals surface area (Å²) in [5.74, 6) is 0.294. The van der Waals surface area contributed by atoms with Crippen molar-refractivity contribution in [2.24, 2.45) is 0 Å². The van der Waals surface area contributed by atoms with E-state index in [1.54, 1.807) is 17.7 Å². The Balaban J connectivity index is 1.65. The molecule has 3 aromatic rings. The van der Waals surface area contributed by atoms with Crippen molar-refractivity contribution in [1.29, 1.82) is 0 Å². The van der Waals surface area contributed by atoms with Crippen molar-refractivity contribution in [2.75, 3.05) is 5.75 Å². The van der Waals surface area contributed by atoms with Crippen LogP contribution in [0, 0.1) is 13.8 Å². The minimum Gasteiger partial charge on any atom is -0.349 e. The molecule has 0 unspecified atom stereocenters. The maximum absolute atomic E-state index is 12.3. The number of carbonyl (C=O) groups is 1. The molecule has 0 aliphatic rings. The minimum absolute atomic E-state index is 0.0242. The first-order valence-corrected chi connectivity index (χ1v) is 10.0. The highest BCUT2D eigenvalue weighted by atomic mass is 35.5. The highest BCUT2D eigenvalue weighted by Gasteiger charge is 2.15. The summed E-state index contributed by atoms with van der Waals surface area (Å²) in [6.45, 7) is 6.11. The van der Waals surface area contributed by atoms with E-state index in [1.165, 1.54) is 22.2 Å². The number of rotatable bonds is 5. The first-order chi connectivity index (χ1) is 12.0. The lowest BCUT2D eigenvalue weighted by atomic mass is 10.1. The third kappa shape index (κ3) is 4.14. The number of carbonyl (C=O) groups excluding carboxylic acids is 1. The van der Waals surface area contributed by atoms with E-state index in [9.17, 15) is 4.79 Å². The maximum atomic E-state index is 12.3. The van der Waals surface area contributed by atoms with Gasteiger partial charge in [0.25, 0.3) is 0 Å². The van der Waals surface area contributed by atoms with Gasteiger partial charge in [0.15, 0.2) is 0 Å². The van der Waals surface area contributed by atoms with Crippen LogP contribution in [0.5, 0.6) is 0 Å². The second-order valence-corrected chi connectivity index (χ2v) is 8.38. The van der Waals surface area contributed by atoms with E-state index in [0.29, 0.717) is 10.8 Å². The summed E-state index contributed by atoms with van der Waals surface area (Å²) < 4.78 is 0. The summed E-state index contributed by atoms with van der Waals surface area (Å²) in [7, 11) is 0. The number of halogens is 1. The van der Waals surface area contributed by atoms with Gasteiger partial charge < -0.3 is 5.32 Å². The number of fused-ring (bicyclic) bond motifs is 1. The summed E-state index contributed by atoms with van der Waals surface area (Å²) in [5.41, 5.74) is 2.22. The van der Waals surface area contributed by atoms with Gasteiger partial charge in [-0.1, -0.05) is 35.5 Å². The van der Waals surface area contributed by atoms with Crippen LogP contribution < -0.4 is 5.32 Å². The normalized spacial score (nSPS) is 12.3. The third-order valence-corrected chi connectivity index (χ3v) is 6.37. The molecule has 0 aliphatic carbocycles. The van der Waals surface area contributed by atoms with Crippen molar-refractivity contribution in [2.45, 2.75) is 31.8 Å². The number of nitrogens with zero attached hydrogens (tertiary/aromatic N) is 2. The quantitative estimate of drug-likeness (QED) is 0.494. The van der Waals surface area contributed by atoms with Crippen molar-refractivity contribution in [3.05, 3.63) is 51.6 Å². The van der Waals surface area contributed by atoms with Gasteiger partial charge >= 0.3 is 0 Å². The zero-order chi connectivity index (χ0) is 18.0. The summed E-state index contributed by atoms with van der Waals surface area (Å²) in [6.07, 6.45) is 1.56. The average molecular weight is 392 g/mol. The molecule has 1 amide bonds. The fourth-order valence-corrected chi connectivity index (χ4v) is 4.57. The topological polar surface area (TPSA) is 54.9 Å². The third-order valence-electron chi connectivity index (χ3n) is 4.02. The predicted molar refractivity (Wildman–Crippen MR) is 106 cm³/mol. The molecule has 25 heavy (non-hydrogen) atoms. The average Bonchev–Trinajstić information content (AvgIpc) is 2.88. The molecule has 2 aromatic heterocycles. The Morgan fingerprint density at radius 2 is 2.00 bits per heavy atom. The highest BCUT2D eigenvalue weighted by molar-refractivity contribution is 8.00. The molecule has 0 fully saturated rings. The number of hydrogen-bond acceptors (Lipinski definition) is 5. The van der Waals surface area contributed by atoms with E-state index < -0.39 is 0 Å². The van der Waals surface area contributed by atoms with Crippen LogP contribution in [0.1, 0.15) is 29.0 Å². The Labute approximate surface area is 160 Å². The number of amides is 1. The van der Waals surface area contributed by atoms with Gasteiger partial charge in [-0.3, -0.25) is 4.79 Å². The first-order valence-electron chi connectivity index (χ1n) is 7.84. The van der Waals surface area contributed by atoms with E-state index in [0.717, 1.165) is 20.8 Å². The van der Waals surface area contributed by atoms with E-state index in [1.807, 2.05) is 31.2 Å².